The Morgan fingerprint density at radius 1 is 1.43 bits per heavy atom. The Kier molecular flexibility index (Phi) is 3.51. The van der Waals surface area contributed by atoms with Gasteiger partial charge >= 0.3 is 18.9 Å². The molecule has 4 heteroatoms. The number of ketones is 1. The van der Waals surface area contributed by atoms with Gasteiger partial charge in [0.05, 0.1) is 5.71 Å². The fourth-order valence-electron chi connectivity index (χ4n) is 1.60. The maximum atomic E-state index is 11.2. The molecule has 3 nitrogen and oxygen atoms in total. The number of fused-ring (bicyclic) bond motifs is 1. The Bertz CT molecular complexity index is 366. The van der Waals surface area contributed by atoms with Crippen molar-refractivity contribution in [2.45, 2.75) is 6.42 Å². The first kappa shape index (κ1) is 11.0. The van der Waals surface area contributed by atoms with E-state index in [1.165, 1.54) is 0 Å². The average molecular weight is 181 g/mol. The number of allylic oxidation sites excluding steroid dienone is 6. The van der Waals surface area contributed by atoms with Crippen LogP contribution in [0.2, 0.25) is 0 Å². The van der Waals surface area contributed by atoms with Gasteiger partial charge in [-0.1, -0.05) is 30.4 Å². The molecule has 0 N–H and O–H groups in total. The minimum atomic E-state index is -0.205. The predicted octanol–water partition coefficient (Wildman–Crippen LogP) is -1.43. The normalized spacial score (nSPS) is 26.9. The topological polar surface area (TPSA) is 52.5 Å². The summed E-state index contributed by atoms with van der Waals surface area (Å²) in [5.74, 6) is -0.368. The fourth-order valence-corrected chi connectivity index (χ4v) is 1.60. The van der Waals surface area contributed by atoms with Crippen molar-refractivity contribution in [3.8, 4) is 0 Å². The maximum absolute atomic E-state index is 11.2. The van der Waals surface area contributed by atoms with Gasteiger partial charge in [0.15, 0.2) is 5.78 Å². The summed E-state index contributed by atoms with van der Waals surface area (Å²) in [4.78, 5) is 11.2. The molecule has 2 aliphatic carbocycles. The van der Waals surface area contributed by atoms with Crippen molar-refractivity contribution in [1.29, 1.82) is 0 Å². The van der Waals surface area contributed by atoms with Gasteiger partial charge in [-0.15, -0.1) is 0 Å². The second kappa shape index (κ2) is 4.45. The van der Waals surface area contributed by atoms with Crippen LogP contribution >= 0.6 is 0 Å². The third-order valence-corrected chi connectivity index (χ3v) is 2.26. The van der Waals surface area contributed by atoms with Crippen LogP contribution in [0.1, 0.15) is 6.42 Å². The second-order valence-corrected chi connectivity index (χ2v) is 3.03. The first-order valence-corrected chi connectivity index (χ1v) is 4.11. The van der Waals surface area contributed by atoms with E-state index in [0.717, 1.165) is 5.57 Å². The van der Waals surface area contributed by atoms with Gasteiger partial charge in [-0.25, -0.2) is 0 Å². The van der Waals surface area contributed by atoms with Gasteiger partial charge in [0.1, 0.15) is 0 Å². The van der Waals surface area contributed by atoms with Crippen molar-refractivity contribution < 1.29 is 23.7 Å². The zero-order valence-corrected chi connectivity index (χ0v) is 7.93. The summed E-state index contributed by atoms with van der Waals surface area (Å²) in [6, 6.07) is 0. The van der Waals surface area contributed by atoms with E-state index in [-0.39, 0.29) is 36.3 Å². The number of nitrogens with zero attached hydrogens (tertiary/aromatic N) is 1. The van der Waals surface area contributed by atoms with E-state index in [9.17, 15) is 10.0 Å². The van der Waals surface area contributed by atoms with Crippen LogP contribution in [0.5, 0.6) is 0 Å². The van der Waals surface area contributed by atoms with Crippen molar-refractivity contribution in [2.24, 2.45) is 11.1 Å². The predicted molar refractivity (Wildman–Crippen MR) is 50.3 cm³/mol. The van der Waals surface area contributed by atoms with Gasteiger partial charge in [0.2, 0.25) is 0 Å². The quantitative estimate of drug-likeness (QED) is 0.340. The van der Waals surface area contributed by atoms with Crippen molar-refractivity contribution in [2.75, 3.05) is 0 Å². The molecule has 0 aromatic heterocycles. The van der Waals surface area contributed by atoms with Gasteiger partial charge in [-0.05, 0) is 5.57 Å². The van der Waals surface area contributed by atoms with Crippen LogP contribution in [0, 0.1) is 11.1 Å². The molecular weight excluding hydrogens is 173 g/mol. The van der Waals surface area contributed by atoms with E-state index in [0.29, 0.717) is 6.42 Å². The van der Waals surface area contributed by atoms with Gasteiger partial charge in [-0.2, -0.15) is 0 Å². The number of hydrogen-bond donors (Lipinski definition) is 0. The first-order valence-electron chi connectivity index (χ1n) is 4.11. The van der Waals surface area contributed by atoms with Crippen LogP contribution in [0.4, 0.5) is 0 Å². The molecule has 1 atom stereocenters. The summed E-state index contributed by atoms with van der Waals surface area (Å²) < 4.78 is 0. The summed E-state index contributed by atoms with van der Waals surface area (Å²) in [6.07, 6.45) is 9.58. The molecule has 0 aromatic rings. The molecule has 0 saturated carbocycles. The first-order chi connectivity index (χ1) is 6.33. The minimum absolute atomic E-state index is 0. The Balaban J connectivity index is 0.000000980. The largest absolute Gasteiger partial charge is 1.00 e. The molecule has 0 bridgehead atoms. The van der Waals surface area contributed by atoms with Crippen LogP contribution in [0.3, 0.4) is 0 Å². The third kappa shape index (κ3) is 1.74. The number of carbonyl (C=O) groups is 1. The van der Waals surface area contributed by atoms with Crippen molar-refractivity contribution >= 4 is 11.5 Å². The smallest absolute Gasteiger partial charge is 0.792 e. The minimum Gasteiger partial charge on any atom is -0.792 e. The van der Waals surface area contributed by atoms with E-state index in [2.05, 4.69) is 5.16 Å². The molecule has 0 amide bonds. The van der Waals surface area contributed by atoms with Gasteiger partial charge in [0.25, 0.3) is 0 Å². The van der Waals surface area contributed by atoms with Crippen LogP contribution in [0.15, 0.2) is 41.1 Å². The molecule has 2 aliphatic rings. The van der Waals surface area contributed by atoms with E-state index in [1.807, 2.05) is 30.4 Å². The number of Topliss-reactive ketones (excluding diaryl/α,β-unsaturated/α-hetero) is 1. The summed E-state index contributed by atoms with van der Waals surface area (Å²) in [5.41, 5.74) is 1.13. The van der Waals surface area contributed by atoms with E-state index >= 15 is 0 Å². The van der Waals surface area contributed by atoms with Crippen LogP contribution < -0.4 is 18.9 Å². The van der Waals surface area contributed by atoms with Crippen molar-refractivity contribution in [3.05, 3.63) is 41.2 Å². The van der Waals surface area contributed by atoms with Crippen LogP contribution in [-0.2, 0) is 4.79 Å². The van der Waals surface area contributed by atoms with Gasteiger partial charge in [0, 0.05) is 12.3 Å². The fraction of sp³-hybridized carbons (Fsp3) is 0.200. The van der Waals surface area contributed by atoms with E-state index < -0.39 is 0 Å². The molecule has 0 heterocycles. The molecule has 14 heavy (non-hydrogen) atoms. The molecule has 1 unspecified atom stereocenters. The Morgan fingerprint density at radius 3 is 2.93 bits per heavy atom. The average Bonchev–Trinajstić information content (AvgIpc) is 2.18. The zero-order valence-electron chi connectivity index (χ0n) is 7.93. The standard InChI is InChI=1S/C10H9NO2.Li/c12-9-6-5-7-3-1-2-4-8(7)10(9)11-13;/h1-5,8,13H,6H2;/q;+1/p-1/b11-10-;. The Hall–Kier alpha value is -1.04. The monoisotopic (exact) mass is 181 g/mol. The molecule has 0 aromatic carbocycles. The van der Waals surface area contributed by atoms with Gasteiger partial charge in [-0.3, -0.25) is 4.79 Å². The Morgan fingerprint density at radius 2 is 2.21 bits per heavy atom. The van der Waals surface area contributed by atoms with Crippen LogP contribution in [-0.4, -0.2) is 11.5 Å². The number of rotatable bonds is 0. The molecule has 2 rings (SSSR count). The summed E-state index contributed by atoms with van der Waals surface area (Å²) >= 11 is 0. The van der Waals surface area contributed by atoms with E-state index in [4.69, 9.17) is 0 Å². The van der Waals surface area contributed by atoms with E-state index in [1.54, 1.807) is 0 Å². The number of carbonyl (C=O) groups excluding carboxylic acids is 1. The van der Waals surface area contributed by atoms with Crippen molar-refractivity contribution in [3.63, 3.8) is 0 Å². The number of hydrogen-bond acceptors (Lipinski definition) is 3. The summed E-state index contributed by atoms with van der Waals surface area (Å²) in [5, 5.41) is 13.2. The second-order valence-electron chi connectivity index (χ2n) is 3.03. The SMILES string of the molecule is O=C1CC=C2C=CC=CC2/C1=N/[O-].[Li+]. The third-order valence-electron chi connectivity index (χ3n) is 2.26. The molecule has 0 spiro atoms. The zero-order chi connectivity index (χ0) is 9.26. The van der Waals surface area contributed by atoms with Gasteiger partial charge < -0.3 is 10.4 Å². The molecule has 0 saturated heterocycles. The van der Waals surface area contributed by atoms with Crippen LogP contribution in [0.25, 0.3) is 0 Å². The molecular formula is C10H8LiNO2. The molecule has 0 fully saturated rings. The molecule has 0 aliphatic heterocycles. The molecule has 66 valence electrons. The van der Waals surface area contributed by atoms with Crippen molar-refractivity contribution in [1.82, 2.24) is 0 Å². The summed E-state index contributed by atoms with van der Waals surface area (Å²) in [7, 11) is 0. The molecule has 0 radical (unpaired) electrons. The Labute approximate surface area is 94.0 Å². The summed E-state index contributed by atoms with van der Waals surface area (Å²) in [6.45, 7) is 0. The maximum Gasteiger partial charge on any atom is 1.00 e.